The number of hydrogen-bond donors (Lipinski definition) is 1. The van der Waals surface area contributed by atoms with Gasteiger partial charge in [-0.3, -0.25) is 4.79 Å². The first-order valence-corrected chi connectivity index (χ1v) is 7.49. The SMILES string of the molecule is CC(=O)C=CCc1c[nH]c2ncnc(OCc3cccc(F)c3)c12. The van der Waals surface area contributed by atoms with E-state index in [1.807, 2.05) is 6.20 Å². The molecule has 0 spiro atoms. The quantitative estimate of drug-likeness (QED) is 0.706. The molecule has 122 valence electrons. The van der Waals surface area contributed by atoms with Crippen LogP contribution < -0.4 is 4.74 Å². The van der Waals surface area contributed by atoms with Crippen molar-refractivity contribution in [3.8, 4) is 5.88 Å². The third-order valence-electron chi connectivity index (χ3n) is 3.47. The van der Waals surface area contributed by atoms with Crippen molar-refractivity contribution in [1.29, 1.82) is 0 Å². The molecule has 24 heavy (non-hydrogen) atoms. The smallest absolute Gasteiger partial charge is 0.226 e. The molecule has 0 aliphatic rings. The molecular formula is C18H16FN3O2. The highest BCUT2D eigenvalue weighted by molar-refractivity contribution is 5.88. The Hall–Kier alpha value is -3.02. The molecule has 0 radical (unpaired) electrons. The summed E-state index contributed by atoms with van der Waals surface area (Å²) in [7, 11) is 0. The zero-order valence-electron chi connectivity index (χ0n) is 13.1. The Kier molecular flexibility index (Phi) is 4.65. The Bertz CT molecular complexity index is 902. The minimum Gasteiger partial charge on any atom is -0.472 e. The normalized spacial score (nSPS) is 11.2. The highest BCUT2D eigenvalue weighted by Crippen LogP contribution is 2.26. The Morgan fingerprint density at radius 1 is 1.38 bits per heavy atom. The van der Waals surface area contributed by atoms with E-state index in [2.05, 4.69) is 15.0 Å². The number of nitrogens with zero attached hydrogens (tertiary/aromatic N) is 2. The standard InChI is InChI=1S/C18H16FN3O2/c1-12(23)4-2-6-14-9-20-17-16(14)18(22-11-21-17)24-10-13-5-3-7-15(19)8-13/h2-5,7-9,11H,6,10H2,1H3,(H,20,21,22). The molecule has 3 aromatic rings. The monoisotopic (exact) mass is 325 g/mol. The predicted molar refractivity (Wildman–Crippen MR) is 88.1 cm³/mol. The summed E-state index contributed by atoms with van der Waals surface area (Å²) in [5.74, 6) is 0.117. The summed E-state index contributed by atoms with van der Waals surface area (Å²) in [5, 5.41) is 0.766. The number of rotatable bonds is 6. The molecule has 0 aliphatic carbocycles. The van der Waals surface area contributed by atoms with E-state index >= 15 is 0 Å². The maximum absolute atomic E-state index is 13.2. The molecule has 0 saturated carbocycles. The largest absolute Gasteiger partial charge is 0.472 e. The maximum Gasteiger partial charge on any atom is 0.226 e. The number of fused-ring (bicyclic) bond motifs is 1. The van der Waals surface area contributed by atoms with Crippen LogP contribution in [0.15, 0.2) is 48.9 Å². The first kappa shape index (κ1) is 15.9. The fourth-order valence-corrected chi connectivity index (χ4v) is 2.40. The van der Waals surface area contributed by atoms with E-state index in [1.165, 1.54) is 31.5 Å². The molecule has 5 nitrogen and oxygen atoms in total. The molecule has 0 atom stereocenters. The number of aromatic nitrogens is 3. The van der Waals surface area contributed by atoms with Crippen molar-refractivity contribution in [2.24, 2.45) is 0 Å². The molecule has 1 N–H and O–H groups in total. The van der Waals surface area contributed by atoms with E-state index in [0.717, 1.165) is 16.5 Å². The van der Waals surface area contributed by atoms with E-state index < -0.39 is 0 Å². The summed E-state index contributed by atoms with van der Waals surface area (Å²) in [6.07, 6.45) is 7.10. The van der Waals surface area contributed by atoms with Crippen LogP contribution in [0.5, 0.6) is 5.88 Å². The van der Waals surface area contributed by atoms with Crippen molar-refractivity contribution in [3.05, 3.63) is 65.9 Å². The molecule has 1 aromatic carbocycles. The number of ether oxygens (including phenoxy) is 1. The topological polar surface area (TPSA) is 67.9 Å². The van der Waals surface area contributed by atoms with Crippen molar-refractivity contribution in [3.63, 3.8) is 0 Å². The van der Waals surface area contributed by atoms with Crippen LogP contribution in [0, 0.1) is 5.82 Å². The fraction of sp³-hybridized carbons (Fsp3) is 0.167. The molecule has 0 fully saturated rings. The number of hydrogen-bond acceptors (Lipinski definition) is 4. The van der Waals surface area contributed by atoms with Gasteiger partial charge in [-0.1, -0.05) is 18.2 Å². The molecule has 6 heteroatoms. The fourth-order valence-electron chi connectivity index (χ4n) is 2.40. The molecule has 2 heterocycles. The summed E-state index contributed by atoms with van der Waals surface area (Å²) >= 11 is 0. The second kappa shape index (κ2) is 7.04. The second-order valence-electron chi connectivity index (χ2n) is 5.35. The first-order chi connectivity index (χ1) is 11.6. The number of carbonyl (C=O) groups excluding carboxylic acids is 1. The van der Waals surface area contributed by atoms with Gasteiger partial charge in [0.2, 0.25) is 5.88 Å². The Morgan fingerprint density at radius 3 is 3.04 bits per heavy atom. The summed E-state index contributed by atoms with van der Waals surface area (Å²) in [5.41, 5.74) is 2.30. The molecule has 0 unspecified atom stereocenters. The molecule has 0 bridgehead atoms. The number of H-pyrrole nitrogens is 1. The van der Waals surface area contributed by atoms with Crippen molar-refractivity contribution >= 4 is 16.8 Å². The minimum atomic E-state index is -0.305. The lowest BCUT2D eigenvalue weighted by atomic mass is 10.1. The van der Waals surface area contributed by atoms with Gasteiger partial charge in [-0.2, -0.15) is 0 Å². The van der Waals surface area contributed by atoms with Gasteiger partial charge < -0.3 is 9.72 Å². The number of benzene rings is 1. The van der Waals surface area contributed by atoms with Crippen molar-refractivity contribution in [1.82, 2.24) is 15.0 Å². The summed E-state index contributed by atoms with van der Waals surface area (Å²) in [6.45, 7) is 1.71. The third-order valence-corrected chi connectivity index (χ3v) is 3.47. The highest BCUT2D eigenvalue weighted by Gasteiger charge is 2.11. The van der Waals surface area contributed by atoms with Gasteiger partial charge in [0.25, 0.3) is 0 Å². The van der Waals surface area contributed by atoms with E-state index in [9.17, 15) is 9.18 Å². The van der Waals surface area contributed by atoms with Crippen LogP contribution in [0.1, 0.15) is 18.1 Å². The van der Waals surface area contributed by atoms with Crippen LogP contribution in [0.2, 0.25) is 0 Å². The van der Waals surface area contributed by atoms with Crippen LogP contribution in [0.4, 0.5) is 4.39 Å². The van der Waals surface area contributed by atoms with Crippen molar-refractivity contribution in [2.45, 2.75) is 20.0 Å². The van der Waals surface area contributed by atoms with Gasteiger partial charge in [-0.05, 0) is 42.7 Å². The zero-order chi connectivity index (χ0) is 16.9. The van der Waals surface area contributed by atoms with Gasteiger partial charge in [0, 0.05) is 6.20 Å². The van der Waals surface area contributed by atoms with E-state index in [-0.39, 0.29) is 18.2 Å². The van der Waals surface area contributed by atoms with Gasteiger partial charge in [0.1, 0.15) is 24.4 Å². The van der Waals surface area contributed by atoms with Crippen LogP contribution in [0.25, 0.3) is 11.0 Å². The summed E-state index contributed by atoms with van der Waals surface area (Å²) in [6, 6.07) is 6.23. The number of nitrogens with one attached hydrogen (secondary N) is 1. The Labute approximate surface area is 138 Å². The summed E-state index contributed by atoms with van der Waals surface area (Å²) in [4.78, 5) is 22.4. The van der Waals surface area contributed by atoms with Gasteiger partial charge in [-0.25, -0.2) is 14.4 Å². The van der Waals surface area contributed by atoms with Crippen molar-refractivity contribution in [2.75, 3.05) is 0 Å². The van der Waals surface area contributed by atoms with Gasteiger partial charge in [-0.15, -0.1) is 0 Å². The number of carbonyl (C=O) groups is 1. The van der Waals surface area contributed by atoms with E-state index in [1.54, 1.807) is 18.2 Å². The number of halogens is 1. The lowest BCUT2D eigenvalue weighted by molar-refractivity contribution is -0.112. The molecular weight excluding hydrogens is 309 g/mol. The zero-order valence-corrected chi connectivity index (χ0v) is 13.1. The number of allylic oxidation sites excluding steroid dienone is 2. The number of ketones is 1. The average molecular weight is 325 g/mol. The minimum absolute atomic E-state index is 0.00586. The van der Waals surface area contributed by atoms with Crippen LogP contribution in [0.3, 0.4) is 0 Å². The first-order valence-electron chi connectivity index (χ1n) is 7.49. The lowest BCUT2D eigenvalue weighted by Gasteiger charge is -2.07. The second-order valence-corrected chi connectivity index (χ2v) is 5.35. The van der Waals surface area contributed by atoms with E-state index in [4.69, 9.17) is 4.74 Å². The Morgan fingerprint density at radius 2 is 2.25 bits per heavy atom. The van der Waals surface area contributed by atoms with Crippen LogP contribution in [-0.2, 0) is 17.8 Å². The van der Waals surface area contributed by atoms with Crippen LogP contribution in [-0.4, -0.2) is 20.7 Å². The number of aromatic amines is 1. The molecule has 2 aromatic heterocycles. The van der Waals surface area contributed by atoms with Crippen LogP contribution >= 0.6 is 0 Å². The highest BCUT2D eigenvalue weighted by atomic mass is 19.1. The van der Waals surface area contributed by atoms with Gasteiger partial charge in [0.05, 0.1) is 5.39 Å². The van der Waals surface area contributed by atoms with Gasteiger partial charge >= 0.3 is 0 Å². The van der Waals surface area contributed by atoms with E-state index in [0.29, 0.717) is 17.9 Å². The van der Waals surface area contributed by atoms with Gasteiger partial charge in [0.15, 0.2) is 5.78 Å². The summed E-state index contributed by atoms with van der Waals surface area (Å²) < 4.78 is 19.0. The molecule has 3 rings (SSSR count). The maximum atomic E-state index is 13.2. The molecule has 0 aliphatic heterocycles. The predicted octanol–water partition coefficient (Wildman–Crippen LogP) is 3.36. The third kappa shape index (κ3) is 3.65. The molecule has 0 saturated heterocycles. The Balaban J connectivity index is 1.84. The average Bonchev–Trinajstić information content (AvgIpc) is 2.97. The molecule has 0 amide bonds. The lowest BCUT2D eigenvalue weighted by Crippen LogP contribution is -1.99. The van der Waals surface area contributed by atoms with Crippen molar-refractivity contribution < 1.29 is 13.9 Å².